The Morgan fingerprint density at radius 2 is 2.22 bits per heavy atom. The van der Waals surface area contributed by atoms with Gasteiger partial charge in [-0.2, -0.15) is 0 Å². The van der Waals surface area contributed by atoms with Crippen molar-refractivity contribution in [2.24, 2.45) is 5.92 Å². The molecule has 1 aliphatic rings. The second-order valence-electron chi connectivity index (χ2n) is 6.00. The summed E-state index contributed by atoms with van der Waals surface area (Å²) >= 11 is 1.23. The van der Waals surface area contributed by atoms with Gasteiger partial charge in [0.2, 0.25) is 5.91 Å². The highest BCUT2D eigenvalue weighted by Gasteiger charge is 2.36. The van der Waals surface area contributed by atoms with Crippen molar-refractivity contribution in [3.8, 4) is 0 Å². The summed E-state index contributed by atoms with van der Waals surface area (Å²) in [6, 6.07) is 3.92. The molecule has 2 aromatic rings. The zero-order valence-electron chi connectivity index (χ0n) is 13.3. The fourth-order valence-corrected chi connectivity index (χ4v) is 3.21. The lowest BCUT2D eigenvalue weighted by Crippen LogP contribution is -2.26. The number of carbonyl (C=O) groups is 2. The predicted molar refractivity (Wildman–Crippen MR) is 87.4 cm³/mol. The van der Waals surface area contributed by atoms with Gasteiger partial charge in [0.05, 0.1) is 6.54 Å². The summed E-state index contributed by atoms with van der Waals surface area (Å²) in [5.41, 5.74) is 0.323. The zero-order chi connectivity index (χ0) is 16.6. The Kier molecular flexibility index (Phi) is 4.21. The average molecular weight is 333 g/mol. The number of nitrogens with zero attached hydrogens (tertiary/aromatic N) is 2. The monoisotopic (exact) mass is 333 g/mol. The quantitative estimate of drug-likeness (QED) is 0.912. The molecule has 2 heterocycles. The summed E-state index contributed by atoms with van der Waals surface area (Å²) < 4.78 is 5.82. The highest BCUT2D eigenvalue weighted by Crippen LogP contribution is 2.47. The van der Waals surface area contributed by atoms with Gasteiger partial charge in [0.25, 0.3) is 5.91 Å². The molecule has 0 radical (unpaired) electrons. The van der Waals surface area contributed by atoms with Gasteiger partial charge in [0.15, 0.2) is 5.13 Å². The Labute approximate surface area is 138 Å². The molecule has 2 aromatic heterocycles. The minimum atomic E-state index is -0.205. The van der Waals surface area contributed by atoms with Gasteiger partial charge in [0.1, 0.15) is 17.2 Å². The fraction of sp³-hybridized carbons (Fsp3) is 0.438. The summed E-state index contributed by atoms with van der Waals surface area (Å²) in [7, 11) is 1.71. The van der Waals surface area contributed by atoms with E-state index in [1.165, 1.54) is 24.7 Å². The smallest absolute Gasteiger partial charge is 0.273 e. The number of carbonyl (C=O) groups excluding carboxylic acids is 2. The average Bonchev–Trinajstić information content (AvgIpc) is 2.91. The molecular weight excluding hydrogens is 314 g/mol. The lowest BCUT2D eigenvalue weighted by molar-refractivity contribution is -0.114. The number of amides is 2. The van der Waals surface area contributed by atoms with E-state index < -0.39 is 0 Å². The van der Waals surface area contributed by atoms with Gasteiger partial charge in [-0.05, 0) is 24.5 Å². The van der Waals surface area contributed by atoms with Crippen molar-refractivity contribution in [3.05, 3.63) is 34.7 Å². The highest BCUT2D eigenvalue weighted by atomic mass is 32.1. The van der Waals surface area contributed by atoms with E-state index in [9.17, 15) is 9.59 Å². The minimum absolute atomic E-state index is 0.199. The number of aromatic nitrogens is 1. The van der Waals surface area contributed by atoms with Gasteiger partial charge in [-0.25, -0.2) is 4.98 Å². The largest absolute Gasteiger partial charge is 0.464 e. The Hall–Kier alpha value is -2.15. The standard InChI is InChI=1S/C16H19N3O3S/c1-9-6-12(9)14-5-4-11(22-14)7-19(3)15(21)13-8-23-16(18-13)17-10(2)20/h4-5,8-9,12H,6-7H2,1-3H3,(H,17,18,20)/t9-,12+/m0/s1. The molecule has 1 N–H and O–H groups in total. The third-order valence-electron chi connectivity index (χ3n) is 3.90. The van der Waals surface area contributed by atoms with Crippen LogP contribution >= 0.6 is 11.3 Å². The van der Waals surface area contributed by atoms with E-state index in [2.05, 4.69) is 17.2 Å². The molecule has 23 heavy (non-hydrogen) atoms. The van der Waals surface area contributed by atoms with Crippen molar-refractivity contribution in [2.45, 2.75) is 32.7 Å². The van der Waals surface area contributed by atoms with Crippen molar-refractivity contribution in [1.82, 2.24) is 9.88 Å². The molecule has 2 atom stereocenters. The molecule has 1 saturated carbocycles. The Morgan fingerprint density at radius 3 is 2.87 bits per heavy atom. The van der Waals surface area contributed by atoms with Gasteiger partial charge in [-0.3, -0.25) is 9.59 Å². The molecule has 3 rings (SSSR count). The van der Waals surface area contributed by atoms with E-state index in [0.29, 0.717) is 29.2 Å². The van der Waals surface area contributed by atoms with E-state index in [-0.39, 0.29) is 11.8 Å². The summed E-state index contributed by atoms with van der Waals surface area (Å²) in [5.74, 6) is 2.60. The molecule has 122 valence electrons. The van der Waals surface area contributed by atoms with Crippen LogP contribution in [0.4, 0.5) is 5.13 Å². The van der Waals surface area contributed by atoms with Crippen molar-refractivity contribution >= 4 is 28.3 Å². The maximum absolute atomic E-state index is 12.4. The first-order valence-electron chi connectivity index (χ1n) is 7.51. The minimum Gasteiger partial charge on any atom is -0.464 e. The molecule has 2 amide bonds. The highest BCUT2D eigenvalue weighted by molar-refractivity contribution is 7.14. The molecule has 6 nitrogen and oxygen atoms in total. The molecule has 7 heteroatoms. The summed E-state index contributed by atoms with van der Waals surface area (Å²) in [6.45, 7) is 4.01. The van der Waals surface area contributed by atoms with Crippen molar-refractivity contribution < 1.29 is 14.0 Å². The summed E-state index contributed by atoms with van der Waals surface area (Å²) in [6.07, 6.45) is 1.17. The zero-order valence-corrected chi connectivity index (χ0v) is 14.1. The van der Waals surface area contributed by atoms with Gasteiger partial charge < -0.3 is 14.6 Å². The van der Waals surface area contributed by atoms with Gasteiger partial charge in [-0.1, -0.05) is 6.92 Å². The Bertz CT molecular complexity index is 737. The molecule has 0 spiro atoms. The first kappa shape index (κ1) is 15.7. The first-order chi connectivity index (χ1) is 10.9. The van der Waals surface area contributed by atoms with Crippen molar-refractivity contribution in [2.75, 3.05) is 12.4 Å². The summed E-state index contributed by atoms with van der Waals surface area (Å²) in [4.78, 5) is 29.1. The number of thiazole rings is 1. The van der Waals surface area contributed by atoms with Gasteiger partial charge >= 0.3 is 0 Å². The van der Waals surface area contributed by atoms with Crippen LogP contribution in [0.3, 0.4) is 0 Å². The van der Waals surface area contributed by atoms with Gasteiger partial charge in [0, 0.05) is 25.3 Å². The van der Waals surface area contributed by atoms with E-state index in [4.69, 9.17) is 4.42 Å². The lowest BCUT2D eigenvalue weighted by atomic mass is 10.3. The molecule has 0 unspecified atom stereocenters. The summed E-state index contributed by atoms with van der Waals surface area (Å²) in [5, 5.41) is 4.65. The molecule has 0 bridgehead atoms. The molecule has 0 saturated heterocycles. The fourth-order valence-electron chi connectivity index (χ4n) is 2.48. The van der Waals surface area contributed by atoms with Gasteiger partial charge in [-0.15, -0.1) is 11.3 Å². The normalized spacial score (nSPS) is 19.4. The SMILES string of the molecule is CC(=O)Nc1nc(C(=O)N(C)Cc2ccc([C@@H]3C[C@@H]3C)o2)cs1. The van der Waals surface area contributed by atoms with Crippen LogP contribution in [0.25, 0.3) is 0 Å². The maximum Gasteiger partial charge on any atom is 0.273 e. The van der Waals surface area contributed by atoms with E-state index >= 15 is 0 Å². The number of furan rings is 1. The molecular formula is C16H19N3O3S. The lowest BCUT2D eigenvalue weighted by Gasteiger charge is -2.14. The topological polar surface area (TPSA) is 75.4 Å². The van der Waals surface area contributed by atoms with Crippen LogP contribution < -0.4 is 5.32 Å². The number of hydrogen-bond acceptors (Lipinski definition) is 5. The van der Waals surface area contributed by atoms with E-state index in [0.717, 1.165) is 11.5 Å². The molecule has 1 aliphatic carbocycles. The van der Waals surface area contributed by atoms with Crippen LogP contribution in [0.15, 0.2) is 21.9 Å². The van der Waals surface area contributed by atoms with Crippen LogP contribution in [0.1, 0.15) is 48.2 Å². The number of rotatable bonds is 5. The van der Waals surface area contributed by atoms with Crippen molar-refractivity contribution in [1.29, 1.82) is 0 Å². The number of anilines is 1. The van der Waals surface area contributed by atoms with Crippen LogP contribution in [-0.2, 0) is 11.3 Å². The van der Waals surface area contributed by atoms with Crippen LogP contribution in [0.5, 0.6) is 0 Å². The predicted octanol–water partition coefficient (Wildman–Crippen LogP) is 3.09. The molecule has 1 fully saturated rings. The Morgan fingerprint density at radius 1 is 1.48 bits per heavy atom. The molecule has 0 aromatic carbocycles. The Balaban J connectivity index is 1.61. The van der Waals surface area contributed by atoms with Crippen molar-refractivity contribution in [3.63, 3.8) is 0 Å². The van der Waals surface area contributed by atoms with Crippen LogP contribution in [-0.4, -0.2) is 28.7 Å². The third-order valence-corrected chi connectivity index (χ3v) is 4.66. The van der Waals surface area contributed by atoms with E-state index in [1.54, 1.807) is 17.3 Å². The number of nitrogens with one attached hydrogen (secondary N) is 1. The van der Waals surface area contributed by atoms with Crippen LogP contribution in [0, 0.1) is 5.92 Å². The third kappa shape index (κ3) is 3.61. The maximum atomic E-state index is 12.4. The first-order valence-corrected chi connectivity index (χ1v) is 8.39. The van der Waals surface area contributed by atoms with Crippen LogP contribution in [0.2, 0.25) is 0 Å². The van der Waals surface area contributed by atoms with E-state index in [1.807, 2.05) is 12.1 Å². The number of hydrogen-bond donors (Lipinski definition) is 1. The second-order valence-corrected chi connectivity index (χ2v) is 6.86. The second kappa shape index (κ2) is 6.16. The molecule has 0 aliphatic heterocycles.